The monoisotopic (exact) mass is 302 g/mol. The van der Waals surface area contributed by atoms with Gasteiger partial charge in [-0.3, -0.25) is 0 Å². The minimum Gasteiger partial charge on any atom is -0.391 e. The SMILES string of the molecule is OC(CCl)CSCCSCCSCC1CO1. The molecular formula is C10H19ClO2S3. The number of rotatable bonds is 11. The maximum Gasteiger partial charge on any atom is 0.0900 e. The first-order valence-electron chi connectivity index (χ1n) is 5.41. The fourth-order valence-electron chi connectivity index (χ4n) is 0.981. The van der Waals surface area contributed by atoms with Crippen molar-refractivity contribution >= 4 is 46.9 Å². The van der Waals surface area contributed by atoms with Gasteiger partial charge in [0, 0.05) is 40.4 Å². The molecule has 1 fully saturated rings. The number of hydrogen-bond acceptors (Lipinski definition) is 5. The van der Waals surface area contributed by atoms with Crippen molar-refractivity contribution in [3.63, 3.8) is 0 Å². The Bertz CT molecular complexity index is 170. The lowest BCUT2D eigenvalue weighted by Gasteiger charge is -2.05. The Labute approximate surface area is 116 Å². The molecule has 0 aromatic heterocycles. The van der Waals surface area contributed by atoms with Crippen LogP contribution in [-0.2, 0) is 4.74 Å². The Kier molecular flexibility index (Phi) is 9.77. The second-order valence-electron chi connectivity index (χ2n) is 3.53. The zero-order valence-electron chi connectivity index (χ0n) is 9.27. The molecule has 16 heavy (non-hydrogen) atoms. The number of thioether (sulfide) groups is 3. The standard InChI is InChI=1S/C10H19ClO2S3/c11-5-9(12)7-15-3-1-14-2-4-16-8-10-6-13-10/h9-10,12H,1-8H2. The molecule has 0 radical (unpaired) electrons. The normalized spacial score (nSPS) is 21.0. The smallest absolute Gasteiger partial charge is 0.0900 e. The average Bonchev–Trinajstić information content (AvgIpc) is 3.10. The van der Waals surface area contributed by atoms with Crippen LogP contribution in [0.4, 0.5) is 0 Å². The Morgan fingerprint density at radius 1 is 1.19 bits per heavy atom. The van der Waals surface area contributed by atoms with E-state index < -0.39 is 0 Å². The Morgan fingerprint density at radius 3 is 2.44 bits per heavy atom. The maximum absolute atomic E-state index is 9.21. The summed E-state index contributed by atoms with van der Waals surface area (Å²) in [6.45, 7) is 0.972. The topological polar surface area (TPSA) is 32.8 Å². The third-order valence-corrected chi connectivity index (χ3v) is 6.01. The summed E-state index contributed by atoms with van der Waals surface area (Å²) in [6.07, 6.45) is 0.216. The van der Waals surface area contributed by atoms with Gasteiger partial charge in [-0.05, 0) is 0 Å². The molecule has 1 aliphatic rings. The maximum atomic E-state index is 9.21. The number of alkyl halides is 1. The lowest BCUT2D eigenvalue weighted by Crippen LogP contribution is -2.11. The molecule has 1 saturated heterocycles. The highest BCUT2D eigenvalue weighted by Gasteiger charge is 2.21. The Hall–Kier alpha value is 1.26. The average molecular weight is 303 g/mol. The Morgan fingerprint density at radius 2 is 1.81 bits per heavy atom. The van der Waals surface area contributed by atoms with Crippen LogP contribution < -0.4 is 0 Å². The predicted molar refractivity (Wildman–Crippen MR) is 78.4 cm³/mol. The van der Waals surface area contributed by atoms with Crippen molar-refractivity contribution in [1.82, 2.24) is 0 Å². The van der Waals surface area contributed by atoms with Crippen molar-refractivity contribution in [3.8, 4) is 0 Å². The Balaban J connectivity index is 1.67. The fourth-order valence-corrected chi connectivity index (χ4v) is 4.49. The summed E-state index contributed by atoms with van der Waals surface area (Å²) >= 11 is 11.3. The van der Waals surface area contributed by atoms with Crippen molar-refractivity contribution in [1.29, 1.82) is 0 Å². The lowest BCUT2D eigenvalue weighted by atomic mass is 10.5. The first-order chi connectivity index (χ1) is 7.83. The quantitative estimate of drug-likeness (QED) is 0.359. The number of aliphatic hydroxyl groups excluding tert-OH is 1. The molecule has 0 aliphatic carbocycles. The van der Waals surface area contributed by atoms with E-state index in [1.165, 1.54) is 17.3 Å². The van der Waals surface area contributed by atoms with E-state index in [9.17, 15) is 5.11 Å². The molecule has 2 nitrogen and oxygen atoms in total. The van der Waals surface area contributed by atoms with Gasteiger partial charge < -0.3 is 9.84 Å². The molecule has 6 heteroatoms. The first kappa shape index (κ1) is 15.3. The van der Waals surface area contributed by atoms with Gasteiger partial charge in [-0.15, -0.1) is 11.6 Å². The van der Waals surface area contributed by atoms with Gasteiger partial charge in [-0.1, -0.05) is 0 Å². The summed E-state index contributed by atoms with van der Waals surface area (Å²) in [6, 6.07) is 0. The molecule has 0 aromatic rings. The highest BCUT2D eigenvalue weighted by atomic mass is 35.5. The molecule has 2 unspecified atom stereocenters. The largest absolute Gasteiger partial charge is 0.391 e. The van der Waals surface area contributed by atoms with E-state index in [-0.39, 0.29) is 6.10 Å². The molecule has 96 valence electrons. The van der Waals surface area contributed by atoms with Crippen molar-refractivity contribution in [2.75, 3.05) is 47.0 Å². The van der Waals surface area contributed by atoms with Gasteiger partial charge in [0.05, 0.1) is 18.8 Å². The van der Waals surface area contributed by atoms with E-state index in [1.54, 1.807) is 11.8 Å². The van der Waals surface area contributed by atoms with Crippen LogP contribution in [0.2, 0.25) is 0 Å². The van der Waals surface area contributed by atoms with E-state index in [0.29, 0.717) is 12.0 Å². The van der Waals surface area contributed by atoms with Crippen LogP contribution in [0.1, 0.15) is 0 Å². The highest BCUT2D eigenvalue weighted by Crippen LogP contribution is 2.17. The zero-order chi connectivity index (χ0) is 11.6. The second-order valence-corrected chi connectivity index (χ2v) is 7.36. The van der Waals surface area contributed by atoms with Gasteiger partial charge in [-0.25, -0.2) is 0 Å². The van der Waals surface area contributed by atoms with Crippen LogP contribution in [0.5, 0.6) is 0 Å². The molecule has 0 bridgehead atoms. The molecular weight excluding hydrogens is 284 g/mol. The minimum absolute atomic E-state index is 0.342. The van der Waals surface area contributed by atoms with E-state index in [0.717, 1.165) is 23.9 Å². The van der Waals surface area contributed by atoms with Crippen LogP contribution in [0, 0.1) is 0 Å². The number of halogens is 1. The molecule has 2 atom stereocenters. The molecule has 0 spiro atoms. The second kappa shape index (κ2) is 10.2. The van der Waals surface area contributed by atoms with Crippen molar-refractivity contribution in [3.05, 3.63) is 0 Å². The van der Waals surface area contributed by atoms with E-state index in [4.69, 9.17) is 16.3 Å². The summed E-state index contributed by atoms with van der Waals surface area (Å²) in [5, 5.41) is 9.21. The number of epoxide rings is 1. The number of ether oxygens (including phenoxy) is 1. The summed E-state index contributed by atoms with van der Waals surface area (Å²) in [7, 11) is 0. The summed E-state index contributed by atoms with van der Waals surface area (Å²) in [4.78, 5) is 0. The lowest BCUT2D eigenvalue weighted by molar-refractivity contribution is 0.224. The third kappa shape index (κ3) is 9.31. The molecule has 1 heterocycles. The minimum atomic E-state index is -0.342. The van der Waals surface area contributed by atoms with Crippen LogP contribution in [0.15, 0.2) is 0 Å². The van der Waals surface area contributed by atoms with Crippen LogP contribution in [0.3, 0.4) is 0 Å². The van der Waals surface area contributed by atoms with Crippen molar-refractivity contribution < 1.29 is 9.84 Å². The van der Waals surface area contributed by atoms with Gasteiger partial charge in [0.1, 0.15) is 0 Å². The van der Waals surface area contributed by atoms with Crippen LogP contribution >= 0.6 is 46.9 Å². The summed E-state index contributed by atoms with van der Waals surface area (Å²) in [5.41, 5.74) is 0. The zero-order valence-corrected chi connectivity index (χ0v) is 12.5. The van der Waals surface area contributed by atoms with Gasteiger partial charge in [0.25, 0.3) is 0 Å². The molecule has 1 aliphatic heterocycles. The van der Waals surface area contributed by atoms with Gasteiger partial charge in [0.2, 0.25) is 0 Å². The predicted octanol–water partition coefficient (Wildman–Crippen LogP) is 2.18. The molecule has 0 saturated carbocycles. The third-order valence-electron chi connectivity index (χ3n) is 1.94. The van der Waals surface area contributed by atoms with Crippen molar-refractivity contribution in [2.45, 2.75) is 12.2 Å². The van der Waals surface area contributed by atoms with Crippen LogP contribution in [-0.4, -0.2) is 64.3 Å². The van der Waals surface area contributed by atoms with E-state index >= 15 is 0 Å². The molecule has 0 aromatic carbocycles. The van der Waals surface area contributed by atoms with Crippen molar-refractivity contribution in [2.24, 2.45) is 0 Å². The van der Waals surface area contributed by atoms with Gasteiger partial charge >= 0.3 is 0 Å². The van der Waals surface area contributed by atoms with E-state index in [2.05, 4.69) is 0 Å². The molecule has 0 amide bonds. The van der Waals surface area contributed by atoms with Gasteiger partial charge in [-0.2, -0.15) is 35.3 Å². The van der Waals surface area contributed by atoms with Crippen LogP contribution in [0.25, 0.3) is 0 Å². The fraction of sp³-hybridized carbons (Fsp3) is 1.00. The highest BCUT2D eigenvalue weighted by molar-refractivity contribution is 8.04. The summed E-state index contributed by atoms with van der Waals surface area (Å²) < 4.78 is 5.14. The number of aliphatic hydroxyl groups is 1. The first-order valence-corrected chi connectivity index (χ1v) is 9.41. The number of hydrogen-bond donors (Lipinski definition) is 1. The van der Waals surface area contributed by atoms with Gasteiger partial charge in [0.15, 0.2) is 0 Å². The molecule has 1 N–H and O–H groups in total. The molecule has 1 rings (SSSR count). The van der Waals surface area contributed by atoms with E-state index in [1.807, 2.05) is 23.5 Å². The summed E-state index contributed by atoms with van der Waals surface area (Å²) in [5.74, 6) is 6.99.